The Bertz CT molecular complexity index is 583. The molecule has 2 nitrogen and oxygen atoms in total. The van der Waals surface area contributed by atoms with Crippen molar-refractivity contribution in [2.75, 3.05) is 0 Å². The van der Waals surface area contributed by atoms with Crippen molar-refractivity contribution in [3.63, 3.8) is 0 Å². The molecule has 2 heteroatoms. The number of nitriles is 1. The Balaban J connectivity index is 2.13. The minimum atomic E-state index is 0.146. The molecule has 96 valence electrons. The maximum Gasteiger partial charge on any atom is 0.127 e. The maximum absolute atomic E-state index is 8.73. The maximum atomic E-state index is 8.73. The molecule has 0 unspecified atom stereocenters. The third-order valence-electron chi connectivity index (χ3n) is 2.94. The van der Waals surface area contributed by atoms with E-state index in [0.29, 0.717) is 5.56 Å². The molecule has 0 aliphatic rings. The summed E-state index contributed by atoms with van der Waals surface area (Å²) in [5.74, 6) is 1.54. The van der Waals surface area contributed by atoms with Crippen LogP contribution in [-0.2, 0) is 5.41 Å². The zero-order valence-corrected chi connectivity index (χ0v) is 11.5. The Kier molecular flexibility index (Phi) is 3.57. The van der Waals surface area contributed by atoms with E-state index in [0.717, 1.165) is 11.5 Å². The zero-order chi connectivity index (χ0) is 13.9. The standard InChI is InChI=1S/C17H17NO/c1-17(2,3)14-6-10-16(11-7-14)19-15-8-4-13(12-18)5-9-15/h4-11H,1-3H3. The highest BCUT2D eigenvalue weighted by Gasteiger charge is 2.12. The van der Waals surface area contributed by atoms with Crippen LogP contribution in [-0.4, -0.2) is 0 Å². The molecular formula is C17H17NO. The second kappa shape index (κ2) is 5.16. The summed E-state index contributed by atoms with van der Waals surface area (Å²) in [7, 11) is 0. The van der Waals surface area contributed by atoms with Crippen molar-refractivity contribution in [2.45, 2.75) is 26.2 Å². The molecule has 0 aliphatic carbocycles. The number of benzene rings is 2. The van der Waals surface area contributed by atoms with Gasteiger partial charge in [-0.25, -0.2) is 0 Å². The van der Waals surface area contributed by atoms with Crippen LogP contribution in [0.1, 0.15) is 31.9 Å². The molecule has 0 fully saturated rings. The normalized spacial score (nSPS) is 10.8. The first-order valence-electron chi connectivity index (χ1n) is 6.27. The van der Waals surface area contributed by atoms with Crippen molar-refractivity contribution >= 4 is 0 Å². The molecule has 0 N–H and O–H groups in total. The summed E-state index contributed by atoms with van der Waals surface area (Å²) in [6, 6.07) is 17.3. The molecule has 2 aromatic rings. The molecule has 2 aromatic carbocycles. The molecule has 0 saturated heterocycles. The average Bonchev–Trinajstić information content (AvgIpc) is 2.39. The van der Waals surface area contributed by atoms with Crippen LogP contribution in [0.2, 0.25) is 0 Å². The first kappa shape index (κ1) is 13.2. The van der Waals surface area contributed by atoms with E-state index in [-0.39, 0.29) is 5.41 Å². The molecular weight excluding hydrogens is 234 g/mol. The molecule has 0 bridgehead atoms. The summed E-state index contributed by atoms with van der Waals surface area (Å²) in [4.78, 5) is 0. The number of nitrogens with zero attached hydrogens (tertiary/aromatic N) is 1. The van der Waals surface area contributed by atoms with Crippen molar-refractivity contribution < 1.29 is 4.74 Å². The van der Waals surface area contributed by atoms with Crippen LogP contribution in [0.5, 0.6) is 11.5 Å². The zero-order valence-electron chi connectivity index (χ0n) is 11.5. The van der Waals surface area contributed by atoms with Gasteiger partial charge in [-0.2, -0.15) is 5.26 Å². The van der Waals surface area contributed by atoms with Crippen LogP contribution in [0.15, 0.2) is 48.5 Å². The number of ether oxygens (including phenoxy) is 1. The molecule has 0 aromatic heterocycles. The van der Waals surface area contributed by atoms with Gasteiger partial charge in [0.25, 0.3) is 0 Å². The van der Waals surface area contributed by atoms with Crippen LogP contribution in [0.4, 0.5) is 0 Å². The molecule has 0 radical (unpaired) electrons. The van der Waals surface area contributed by atoms with E-state index in [1.54, 1.807) is 24.3 Å². The van der Waals surface area contributed by atoms with E-state index in [9.17, 15) is 0 Å². The Morgan fingerprint density at radius 3 is 1.74 bits per heavy atom. The summed E-state index contributed by atoms with van der Waals surface area (Å²) in [5.41, 5.74) is 2.06. The van der Waals surface area contributed by atoms with Gasteiger partial charge in [0.1, 0.15) is 11.5 Å². The largest absolute Gasteiger partial charge is 0.457 e. The van der Waals surface area contributed by atoms with Gasteiger partial charge in [0.15, 0.2) is 0 Å². The Labute approximate surface area is 114 Å². The van der Waals surface area contributed by atoms with E-state index in [1.165, 1.54) is 5.56 Å². The minimum absolute atomic E-state index is 0.146. The lowest BCUT2D eigenvalue weighted by atomic mass is 9.87. The predicted molar refractivity (Wildman–Crippen MR) is 76.4 cm³/mol. The highest BCUT2D eigenvalue weighted by atomic mass is 16.5. The lowest BCUT2D eigenvalue weighted by Gasteiger charge is -2.19. The summed E-state index contributed by atoms with van der Waals surface area (Å²) >= 11 is 0. The quantitative estimate of drug-likeness (QED) is 0.778. The van der Waals surface area contributed by atoms with Crippen LogP contribution in [0, 0.1) is 11.3 Å². The van der Waals surface area contributed by atoms with Gasteiger partial charge in [0, 0.05) is 0 Å². The third-order valence-corrected chi connectivity index (χ3v) is 2.94. The van der Waals surface area contributed by atoms with E-state index in [1.807, 2.05) is 12.1 Å². The van der Waals surface area contributed by atoms with E-state index in [2.05, 4.69) is 39.0 Å². The second-order valence-electron chi connectivity index (χ2n) is 5.51. The molecule has 0 spiro atoms. The molecule has 0 amide bonds. The highest BCUT2D eigenvalue weighted by Crippen LogP contribution is 2.26. The molecule has 0 saturated carbocycles. The van der Waals surface area contributed by atoms with Gasteiger partial charge >= 0.3 is 0 Å². The summed E-state index contributed by atoms with van der Waals surface area (Å²) < 4.78 is 5.74. The number of rotatable bonds is 2. The summed E-state index contributed by atoms with van der Waals surface area (Å²) in [6.45, 7) is 6.55. The fourth-order valence-electron chi connectivity index (χ4n) is 1.76. The van der Waals surface area contributed by atoms with E-state index < -0.39 is 0 Å². The fourth-order valence-corrected chi connectivity index (χ4v) is 1.76. The van der Waals surface area contributed by atoms with Crippen molar-refractivity contribution in [3.05, 3.63) is 59.7 Å². The van der Waals surface area contributed by atoms with Crippen molar-refractivity contribution in [3.8, 4) is 17.6 Å². The summed E-state index contributed by atoms with van der Waals surface area (Å²) in [5, 5.41) is 8.73. The summed E-state index contributed by atoms with van der Waals surface area (Å²) in [6.07, 6.45) is 0. The highest BCUT2D eigenvalue weighted by molar-refractivity contribution is 5.38. The van der Waals surface area contributed by atoms with Crippen LogP contribution in [0.25, 0.3) is 0 Å². The van der Waals surface area contributed by atoms with E-state index in [4.69, 9.17) is 10.00 Å². The van der Waals surface area contributed by atoms with Crippen molar-refractivity contribution in [1.82, 2.24) is 0 Å². The van der Waals surface area contributed by atoms with Crippen LogP contribution < -0.4 is 4.74 Å². The van der Waals surface area contributed by atoms with Crippen molar-refractivity contribution in [1.29, 1.82) is 5.26 Å². The Hall–Kier alpha value is -2.27. The molecule has 19 heavy (non-hydrogen) atoms. The lowest BCUT2D eigenvalue weighted by molar-refractivity contribution is 0.481. The van der Waals surface area contributed by atoms with E-state index >= 15 is 0 Å². The Morgan fingerprint density at radius 2 is 1.32 bits per heavy atom. The first-order valence-corrected chi connectivity index (χ1v) is 6.27. The second-order valence-corrected chi connectivity index (χ2v) is 5.51. The number of hydrogen-bond donors (Lipinski definition) is 0. The minimum Gasteiger partial charge on any atom is -0.457 e. The molecule has 0 atom stereocenters. The van der Waals surface area contributed by atoms with Crippen LogP contribution in [0.3, 0.4) is 0 Å². The van der Waals surface area contributed by atoms with Gasteiger partial charge in [-0.05, 0) is 47.4 Å². The lowest BCUT2D eigenvalue weighted by Crippen LogP contribution is -2.10. The molecule has 2 rings (SSSR count). The topological polar surface area (TPSA) is 33.0 Å². The average molecular weight is 251 g/mol. The van der Waals surface area contributed by atoms with Gasteiger partial charge < -0.3 is 4.74 Å². The van der Waals surface area contributed by atoms with Gasteiger partial charge in [-0.15, -0.1) is 0 Å². The van der Waals surface area contributed by atoms with Crippen LogP contribution >= 0.6 is 0 Å². The van der Waals surface area contributed by atoms with Crippen molar-refractivity contribution in [2.24, 2.45) is 0 Å². The molecule has 0 aliphatic heterocycles. The SMILES string of the molecule is CC(C)(C)c1ccc(Oc2ccc(C#N)cc2)cc1. The first-order chi connectivity index (χ1) is 8.99. The molecule has 0 heterocycles. The van der Waals surface area contributed by atoms with Gasteiger partial charge in [-0.3, -0.25) is 0 Å². The monoisotopic (exact) mass is 251 g/mol. The third kappa shape index (κ3) is 3.35. The smallest absolute Gasteiger partial charge is 0.127 e. The number of hydrogen-bond acceptors (Lipinski definition) is 2. The Morgan fingerprint density at radius 1 is 0.842 bits per heavy atom. The fraction of sp³-hybridized carbons (Fsp3) is 0.235. The predicted octanol–water partition coefficient (Wildman–Crippen LogP) is 4.65. The van der Waals surface area contributed by atoms with Gasteiger partial charge in [0.2, 0.25) is 0 Å². The van der Waals surface area contributed by atoms with Gasteiger partial charge in [-0.1, -0.05) is 32.9 Å². The van der Waals surface area contributed by atoms with Gasteiger partial charge in [0.05, 0.1) is 11.6 Å².